The first-order chi connectivity index (χ1) is 13.1. The molecule has 1 aromatic rings. The molecule has 6 heteroatoms. The fourth-order valence-corrected chi connectivity index (χ4v) is 4.24. The Bertz CT molecular complexity index is 638. The Morgan fingerprint density at radius 2 is 1.81 bits per heavy atom. The predicted octanol–water partition coefficient (Wildman–Crippen LogP) is 3.75. The summed E-state index contributed by atoms with van der Waals surface area (Å²) in [6.45, 7) is 1.93. The molecule has 27 heavy (non-hydrogen) atoms. The molecule has 1 heterocycles. The molecule has 0 bridgehead atoms. The third-order valence-electron chi connectivity index (χ3n) is 5.69. The highest BCUT2D eigenvalue weighted by Crippen LogP contribution is 2.20. The Hall–Kier alpha value is -1.75. The molecule has 5 nitrogen and oxygen atoms in total. The summed E-state index contributed by atoms with van der Waals surface area (Å²) >= 11 is 5.98. The first-order valence-corrected chi connectivity index (χ1v) is 10.6. The van der Waals surface area contributed by atoms with Crippen LogP contribution in [0.1, 0.15) is 50.5 Å². The molecule has 0 atom stereocenters. The van der Waals surface area contributed by atoms with Crippen LogP contribution in [-0.2, 0) is 11.2 Å². The summed E-state index contributed by atoms with van der Waals surface area (Å²) in [7, 11) is 0. The minimum atomic E-state index is 0.00286. The molecule has 1 aliphatic carbocycles. The van der Waals surface area contributed by atoms with E-state index in [1.165, 1.54) is 19.3 Å². The van der Waals surface area contributed by atoms with Gasteiger partial charge in [0.1, 0.15) is 0 Å². The van der Waals surface area contributed by atoms with E-state index >= 15 is 0 Å². The Kier molecular flexibility index (Phi) is 7.39. The van der Waals surface area contributed by atoms with Gasteiger partial charge in [0, 0.05) is 36.6 Å². The monoisotopic (exact) mass is 391 g/mol. The van der Waals surface area contributed by atoms with Crippen LogP contribution in [0.3, 0.4) is 0 Å². The van der Waals surface area contributed by atoms with Gasteiger partial charge < -0.3 is 15.5 Å². The predicted molar refractivity (Wildman–Crippen MR) is 108 cm³/mol. The average Bonchev–Trinajstić information content (AvgIpc) is 2.69. The minimum Gasteiger partial charge on any atom is -0.356 e. The van der Waals surface area contributed by atoms with Crippen LogP contribution in [0.2, 0.25) is 5.02 Å². The van der Waals surface area contributed by atoms with Crippen LogP contribution in [0.25, 0.3) is 0 Å². The van der Waals surface area contributed by atoms with Crippen LogP contribution in [0.15, 0.2) is 24.3 Å². The number of nitrogens with zero attached hydrogens (tertiary/aromatic N) is 1. The van der Waals surface area contributed by atoms with E-state index in [0.717, 1.165) is 42.7 Å². The number of likely N-dealkylation sites (tertiary alicyclic amines) is 1. The molecule has 0 spiro atoms. The van der Waals surface area contributed by atoms with E-state index in [9.17, 15) is 9.59 Å². The number of urea groups is 1. The van der Waals surface area contributed by atoms with Crippen molar-refractivity contribution in [2.24, 2.45) is 5.92 Å². The summed E-state index contributed by atoms with van der Waals surface area (Å²) < 4.78 is 0. The van der Waals surface area contributed by atoms with Crippen molar-refractivity contribution >= 4 is 23.5 Å². The van der Waals surface area contributed by atoms with Gasteiger partial charge in [0.2, 0.25) is 5.91 Å². The van der Waals surface area contributed by atoms with Gasteiger partial charge in [0.15, 0.2) is 0 Å². The van der Waals surface area contributed by atoms with Crippen molar-refractivity contribution in [3.05, 3.63) is 34.9 Å². The fourth-order valence-electron chi connectivity index (χ4n) is 4.02. The van der Waals surface area contributed by atoms with Crippen LogP contribution < -0.4 is 10.6 Å². The molecular weight excluding hydrogens is 362 g/mol. The summed E-state index contributed by atoms with van der Waals surface area (Å²) in [4.78, 5) is 26.7. The quantitative estimate of drug-likeness (QED) is 0.802. The van der Waals surface area contributed by atoms with Crippen molar-refractivity contribution in [3.63, 3.8) is 0 Å². The number of nitrogens with one attached hydrogen (secondary N) is 2. The highest BCUT2D eigenvalue weighted by molar-refractivity contribution is 6.30. The molecule has 1 saturated carbocycles. The fraction of sp³-hybridized carbons (Fsp3) is 0.619. The maximum atomic E-state index is 12.4. The van der Waals surface area contributed by atoms with E-state index in [-0.39, 0.29) is 17.9 Å². The molecule has 3 amide bonds. The normalized spacial score (nSPS) is 18.9. The highest BCUT2D eigenvalue weighted by atomic mass is 35.5. The zero-order valence-electron chi connectivity index (χ0n) is 15.9. The van der Waals surface area contributed by atoms with Crippen molar-refractivity contribution in [1.29, 1.82) is 0 Å². The lowest BCUT2D eigenvalue weighted by atomic mass is 9.95. The number of piperidine rings is 1. The SMILES string of the molecule is O=C(NCCc1cccc(Cl)c1)C1CCN(C(=O)NC2CCCCC2)CC1. The van der Waals surface area contributed by atoms with Crippen molar-refractivity contribution in [1.82, 2.24) is 15.5 Å². The first-order valence-electron chi connectivity index (χ1n) is 10.2. The van der Waals surface area contributed by atoms with Gasteiger partial charge in [-0.1, -0.05) is 43.0 Å². The number of carbonyl (C=O) groups is 2. The summed E-state index contributed by atoms with van der Waals surface area (Å²) in [6, 6.07) is 8.09. The average molecular weight is 392 g/mol. The van der Waals surface area contributed by atoms with Gasteiger partial charge >= 0.3 is 6.03 Å². The summed E-state index contributed by atoms with van der Waals surface area (Å²) in [5, 5.41) is 6.91. The third kappa shape index (κ3) is 6.13. The Balaban J connectivity index is 1.35. The van der Waals surface area contributed by atoms with Crippen molar-refractivity contribution in [3.8, 4) is 0 Å². The van der Waals surface area contributed by atoms with Crippen LogP contribution >= 0.6 is 11.6 Å². The maximum Gasteiger partial charge on any atom is 0.317 e. The zero-order valence-corrected chi connectivity index (χ0v) is 16.6. The maximum absolute atomic E-state index is 12.4. The number of hydrogen-bond acceptors (Lipinski definition) is 2. The minimum absolute atomic E-state index is 0.00286. The number of rotatable bonds is 5. The second kappa shape index (κ2) is 9.98. The number of halogens is 1. The van der Waals surface area contributed by atoms with Crippen LogP contribution in [0, 0.1) is 5.92 Å². The lowest BCUT2D eigenvalue weighted by Gasteiger charge is -2.33. The molecule has 2 aliphatic rings. The number of benzene rings is 1. The van der Waals surface area contributed by atoms with E-state index in [0.29, 0.717) is 25.7 Å². The Morgan fingerprint density at radius 3 is 2.52 bits per heavy atom. The van der Waals surface area contributed by atoms with E-state index in [1.54, 1.807) is 0 Å². The Morgan fingerprint density at radius 1 is 1.07 bits per heavy atom. The molecule has 2 N–H and O–H groups in total. The van der Waals surface area contributed by atoms with Gasteiger partial charge in [0.25, 0.3) is 0 Å². The standard InChI is InChI=1S/C21H30ClN3O2/c22-18-6-4-5-16(15-18)9-12-23-20(26)17-10-13-25(14-11-17)21(27)24-19-7-2-1-3-8-19/h4-6,15,17,19H,1-3,7-14H2,(H,23,26)(H,24,27). The van der Waals surface area contributed by atoms with Crippen LogP contribution in [0.4, 0.5) is 4.79 Å². The molecule has 1 saturated heterocycles. The van der Waals surface area contributed by atoms with Gasteiger partial charge in [-0.2, -0.15) is 0 Å². The summed E-state index contributed by atoms with van der Waals surface area (Å²) in [6.07, 6.45) is 8.14. The lowest BCUT2D eigenvalue weighted by molar-refractivity contribution is -0.126. The lowest BCUT2D eigenvalue weighted by Crippen LogP contribution is -2.49. The second-order valence-electron chi connectivity index (χ2n) is 7.72. The van der Waals surface area contributed by atoms with Gasteiger partial charge in [0.05, 0.1) is 0 Å². The van der Waals surface area contributed by atoms with Crippen molar-refractivity contribution in [2.45, 2.75) is 57.4 Å². The van der Waals surface area contributed by atoms with Crippen LogP contribution in [0.5, 0.6) is 0 Å². The zero-order chi connectivity index (χ0) is 19.1. The van der Waals surface area contributed by atoms with Crippen molar-refractivity contribution < 1.29 is 9.59 Å². The van der Waals surface area contributed by atoms with Crippen molar-refractivity contribution in [2.75, 3.05) is 19.6 Å². The van der Waals surface area contributed by atoms with E-state index in [1.807, 2.05) is 29.2 Å². The van der Waals surface area contributed by atoms with Gasteiger partial charge in [-0.15, -0.1) is 0 Å². The molecular formula is C21H30ClN3O2. The largest absolute Gasteiger partial charge is 0.356 e. The van der Waals surface area contributed by atoms with E-state index < -0.39 is 0 Å². The molecule has 1 aliphatic heterocycles. The van der Waals surface area contributed by atoms with Gasteiger partial charge in [-0.3, -0.25) is 4.79 Å². The highest BCUT2D eigenvalue weighted by Gasteiger charge is 2.28. The van der Waals surface area contributed by atoms with Crippen LogP contribution in [-0.4, -0.2) is 42.5 Å². The van der Waals surface area contributed by atoms with Gasteiger partial charge in [-0.05, 0) is 49.8 Å². The molecule has 0 radical (unpaired) electrons. The second-order valence-corrected chi connectivity index (χ2v) is 8.15. The first kappa shape index (κ1) is 20.0. The molecule has 0 unspecified atom stereocenters. The van der Waals surface area contributed by atoms with E-state index in [4.69, 9.17) is 11.6 Å². The number of hydrogen-bond donors (Lipinski definition) is 2. The number of amides is 3. The molecule has 1 aromatic carbocycles. The molecule has 3 rings (SSSR count). The smallest absolute Gasteiger partial charge is 0.317 e. The summed E-state index contributed by atoms with van der Waals surface area (Å²) in [5.41, 5.74) is 1.12. The molecule has 148 valence electrons. The summed E-state index contributed by atoms with van der Waals surface area (Å²) in [5.74, 6) is 0.104. The Labute approximate surface area is 166 Å². The number of carbonyl (C=O) groups excluding carboxylic acids is 2. The third-order valence-corrected chi connectivity index (χ3v) is 5.92. The van der Waals surface area contributed by atoms with E-state index in [2.05, 4.69) is 10.6 Å². The van der Waals surface area contributed by atoms with Gasteiger partial charge in [-0.25, -0.2) is 4.79 Å². The molecule has 2 fully saturated rings. The molecule has 0 aromatic heterocycles. The topological polar surface area (TPSA) is 61.4 Å².